The lowest BCUT2D eigenvalue weighted by Crippen LogP contribution is -2.50. The van der Waals surface area contributed by atoms with E-state index in [4.69, 9.17) is 9.84 Å². The second kappa shape index (κ2) is 16.3. The van der Waals surface area contributed by atoms with Crippen molar-refractivity contribution in [2.75, 3.05) is 20.8 Å². The molecule has 0 saturated carbocycles. The number of carbonyl (C=O) groups is 4. The molecule has 0 fully saturated rings. The lowest BCUT2D eigenvalue weighted by molar-refractivity contribution is -0.145. The van der Waals surface area contributed by atoms with Crippen LogP contribution in [0.25, 0.3) is 0 Å². The first-order chi connectivity index (χ1) is 15.3. The molecule has 2 unspecified atom stereocenters. The third-order valence-corrected chi connectivity index (χ3v) is 3.96. The number of hydrogen-bond donors (Lipinski definition) is 4. The minimum Gasteiger partial charge on any atom is -0.467 e. The molecule has 32 heavy (non-hydrogen) atoms. The van der Waals surface area contributed by atoms with Gasteiger partial charge in [0, 0.05) is 7.11 Å². The summed E-state index contributed by atoms with van der Waals surface area (Å²) in [7, 11) is 2.24. The van der Waals surface area contributed by atoms with Gasteiger partial charge in [-0.25, -0.2) is 9.59 Å². The van der Waals surface area contributed by atoms with Crippen molar-refractivity contribution in [1.82, 2.24) is 16.0 Å². The Morgan fingerprint density at radius 2 is 1.72 bits per heavy atom. The number of rotatable bonds is 11. The lowest BCUT2D eigenvalue weighted by Gasteiger charge is -2.19. The molecule has 4 N–H and O–H groups in total. The van der Waals surface area contributed by atoms with Crippen LogP contribution in [0, 0.1) is 5.92 Å². The summed E-state index contributed by atoms with van der Waals surface area (Å²) in [6.07, 6.45) is 0.815. The van der Waals surface area contributed by atoms with Gasteiger partial charge >= 0.3 is 12.1 Å². The van der Waals surface area contributed by atoms with Gasteiger partial charge in [0.05, 0.1) is 13.7 Å². The maximum absolute atomic E-state index is 12.2. The third-order valence-electron chi connectivity index (χ3n) is 3.96. The Bertz CT molecular complexity index is 738. The van der Waals surface area contributed by atoms with E-state index in [1.807, 2.05) is 32.0 Å². The van der Waals surface area contributed by atoms with E-state index < -0.39 is 36.0 Å². The Labute approximate surface area is 188 Å². The molecule has 0 aliphatic carbocycles. The number of benzene rings is 1. The fraction of sp³-hybridized carbons (Fsp3) is 0.455. The quantitative estimate of drug-likeness (QED) is 0.289. The minimum absolute atomic E-state index is 0.0470. The summed E-state index contributed by atoms with van der Waals surface area (Å²) in [6.45, 7) is 6.98. The number of aliphatic hydroxyl groups is 1. The first-order valence-electron chi connectivity index (χ1n) is 9.96. The SMILES string of the molecule is C=CC(NC(=O)OCc1ccccc1)C(=O)NCC(=O)NC(CC(C)C)C(=O)OC.CO. The van der Waals surface area contributed by atoms with Crippen LogP contribution in [0.4, 0.5) is 4.79 Å². The molecule has 0 aromatic heterocycles. The molecule has 178 valence electrons. The Hall–Kier alpha value is -3.40. The van der Waals surface area contributed by atoms with Crippen LogP contribution in [0.5, 0.6) is 0 Å². The normalized spacial score (nSPS) is 11.7. The van der Waals surface area contributed by atoms with E-state index in [-0.39, 0.29) is 19.1 Å². The molecule has 0 heterocycles. The van der Waals surface area contributed by atoms with E-state index in [1.54, 1.807) is 12.1 Å². The monoisotopic (exact) mass is 451 g/mol. The number of methoxy groups -OCH3 is 1. The topological polar surface area (TPSA) is 143 Å². The zero-order valence-electron chi connectivity index (χ0n) is 18.9. The summed E-state index contributed by atoms with van der Waals surface area (Å²) in [5.74, 6) is -1.61. The van der Waals surface area contributed by atoms with Crippen LogP contribution in [0.1, 0.15) is 25.8 Å². The highest BCUT2D eigenvalue weighted by atomic mass is 16.5. The predicted molar refractivity (Wildman–Crippen MR) is 118 cm³/mol. The smallest absolute Gasteiger partial charge is 0.408 e. The Morgan fingerprint density at radius 1 is 1.09 bits per heavy atom. The molecule has 0 radical (unpaired) electrons. The van der Waals surface area contributed by atoms with Crippen LogP contribution in [0.15, 0.2) is 43.0 Å². The van der Waals surface area contributed by atoms with Gasteiger partial charge in [0.25, 0.3) is 0 Å². The van der Waals surface area contributed by atoms with Crippen molar-refractivity contribution in [3.05, 3.63) is 48.6 Å². The Morgan fingerprint density at radius 3 is 2.25 bits per heavy atom. The number of carbonyl (C=O) groups excluding carboxylic acids is 4. The summed E-state index contributed by atoms with van der Waals surface area (Å²) in [5.41, 5.74) is 0.797. The molecule has 1 aromatic rings. The minimum atomic E-state index is -1.09. The summed E-state index contributed by atoms with van der Waals surface area (Å²) in [4.78, 5) is 48.0. The first-order valence-corrected chi connectivity index (χ1v) is 9.96. The van der Waals surface area contributed by atoms with E-state index >= 15 is 0 Å². The average Bonchev–Trinajstić information content (AvgIpc) is 2.80. The zero-order valence-corrected chi connectivity index (χ0v) is 18.9. The van der Waals surface area contributed by atoms with E-state index in [9.17, 15) is 19.2 Å². The highest BCUT2D eigenvalue weighted by molar-refractivity contribution is 5.91. The van der Waals surface area contributed by atoms with Gasteiger partial charge in [-0.3, -0.25) is 9.59 Å². The number of alkyl carbamates (subject to hydrolysis) is 1. The van der Waals surface area contributed by atoms with Gasteiger partial charge in [0.2, 0.25) is 11.8 Å². The number of nitrogens with one attached hydrogen (secondary N) is 3. The summed E-state index contributed by atoms with van der Waals surface area (Å²) in [5, 5.41) is 14.3. The fourth-order valence-electron chi connectivity index (χ4n) is 2.47. The highest BCUT2D eigenvalue weighted by Crippen LogP contribution is 2.06. The number of amides is 3. The van der Waals surface area contributed by atoms with Crippen molar-refractivity contribution >= 4 is 23.9 Å². The van der Waals surface area contributed by atoms with Crippen LogP contribution in [-0.2, 0) is 30.5 Å². The molecule has 0 spiro atoms. The van der Waals surface area contributed by atoms with Gasteiger partial charge < -0.3 is 30.5 Å². The first kappa shape index (κ1) is 28.6. The number of hydrogen-bond acceptors (Lipinski definition) is 7. The summed E-state index contributed by atoms with van der Waals surface area (Å²) < 4.78 is 9.73. The van der Waals surface area contributed by atoms with Gasteiger partial charge in [-0.15, -0.1) is 6.58 Å². The van der Waals surface area contributed by atoms with E-state index in [0.29, 0.717) is 6.42 Å². The van der Waals surface area contributed by atoms with Crippen LogP contribution in [0.3, 0.4) is 0 Å². The molecule has 10 nitrogen and oxygen atoms in total. The number of aliphatic hydroxyl groups excluding tert-OH is 1. The van der Waals surface area contributed by atoms with E-state index in [1.165, 1.54) is 13.2 Å². The fourth-order valence-corrected chi connectivity index (χ4v) is 2.47. The van der Waals surface area contributed by atoms with Crippen LogP contribution >= 0.6 is 0 Å². The molecule has 0 aliphatic rings. The molecule has 0 aliphatic heterocycles. The number of ether oxygens (including phenoxy) is 2. The lowest BCUT2D eigenvalue weighted by atomic mass is 10.0. The van der Waals surface area contributed by atoms with E-state index in [2.05, 4.69) is 27.3 Å². The van der Waals surface area contributed by atoms with Gasteiger partial charge in [0.15, 0.2) is 0 Å². The van der Waals surface area contributed by atoms with E-state index in [0.717, 1.165) is 12.7 Å². The van der Waals surface area contributed by atoms with Gasteiger partial charge in [-0.1, -0.05) is 50.3 Å². The molecular formula is C22H33N3O7. The summed E-state index contributed by atoms with van der Waals surface area (Å²) in [6, 6.07) is 7.16. The third kappa shape index (κ3) is 11.7. The largest absolute Gasteiger partial charge is 0.467 e. The van der Waals surface area contributed by atoms with Crippen LogP contribution < -0.4 is 16.0 Å². The molecule has 0 bridgehead atoms. The van der Waals surface area contributed by atoms with Crippen molar-refractivity contribution in [2.45, 2.75) is 39.0 Å². The Kier molecular flexibility index (Phi) is 14.6. The highest BCUT2D eigenvalue weighted by Gasteiger charge is 2.24. The van der Waals surface area contributed by atoms with Crippen molar-refractivity contribution < 1.29 is 33.8 Å². The zero-order chi connectivity index (χ0) is 24.5. The molecule has 1 aromatic carbocycles. The van der Waals surface area contributed by atoms with Gasteiger partial charge in [-0.2, -0.15) is 0 Å². The average molecular weight is 452 g/mol. The van der Waals surface area contributed by atoms with Gasteiger partial charge in [-0.05, 0) is 17.9 Å². The standard InChI is InChI=1S/C21H29N3O6.CH4O/c1-5-16(24-21(28)30-13-15-9-7-6-8-10-15)19(26)22-12-18(25)23-17(11-14(2)3)20(27)29-4;1-2/h5-10,14,16-17H,1,11-13H2,2-4H3,(H,22,26)(H,23,25)(H,24,28);2H,1H3. The second-order valence-electron chi connectivity index (χ2n) is 6.91. The van der Waals surface area contributed by atoms with Crippen LogP contribution in [0.2, 0.25) is 0 Å². The van der Waals surface area contributed by atoms with Crippen molar-refractivity contribution in [1.29, 1.82) is 0 Å². The molecule has 2 atom stereocenters. The maximum Gasteiger partial charge on any atom is 0.408 e. The van der Waals surface area contributed by atoms with Crippen molar-refractivity contribution in [3.63, 3.8) is 0 Å². The molecule has 1 rings (SSSR count). The Balaban J connectivity index is 0.00000466. The molecular weight excluding hydrogens is 418 g/mol. The molecule has 0 saturated heterocycles. The van der Waals surface area contributed by atoms with Crippen molar-refractivity contribution in [3.8, 4) is 0 Å². The maximum atomic E-state index is 12.2. The molecule has 10 heteroatoms. The van der Waals surface area contributed by atoms with Crippen molar-refractivity contribution in [2.24, 2.45) is 5.92 Å². The van der Waals surface area contributed by atoms with Gasteiger partial charge in [0.1, 0.15) is 18.7 Å². The predicted octanol–water partition coefficient (Wildman–Crippen LogP) is 0.896. The van der Waals surface area contributed by atoms with Crippen LogP contribution in [-0.4, -0.2) is 61.8 Å². The second-order valence-corrected chi connectivity index (χ2v) is 6.91. The summed E-state index contributed by atoms with van der Waals surface area (Å²) >= 11 is 0. The number of esters is 1. The molecule has 3 amide bonds.